The highest BCUT2D eigenvalue weighted by Crippen LogP contribution is 2.28. The molecule has 6 nitrogen and oxygen atoms in total. The van der Waals surface area contributed by atoms with E-state index in [0.717, 1.165) is 18.4 Å². The second-order valence-electron chi connectivity index (χ2n) is 6.99. The molecule has 156 valence electrons. The molecule has 0 bridgehead atoms. The number of carbonyl (C=O) groups is 2. The van der Waals surface area contributed by atoms with Crippen molar-refractivity contribution in [1.29, 1.82) is 0 Å². The van der Waals surface area contributed by atoms with Crippen molar-refractivity contribution in [3.05, 3.63) is 65.7 Å². The first-order valence-electron chi connectivity index (χ1n) is 9.95. The van der Waals surface area contributed by atoms with E-state index < -0.39 is 0 Å². The van der Waals surface area contributed by atoms with Gasteiger partial charge in [-0.1, -0.05) is 67.4 Å². The number of nitrogens with zero attached hydrogens (tertiary/aromatic N) is 3. The van der Waals surface area contributed by atoms with Crippen LogP contribution in [0.1, 0.15) is 26.7 Å². The SMILES string of the molecule is CCCCN(CC(=O)Nc1cc(-c2ccccc2)nn1-c1ccccc1Cl)C(C)=O. The number of anilines is 1. The molecule has 0 spiro atoms. The van der Waals surface area contributed by atoms with Crippen LogP contribution in [0.3, 0.4) is 0 Å². The minimum absolute atomic E-state index is 0.0102. The highest BCUT2D eigenvalue weighted by molar-refractivity contribution is 6.32. The standard InChI is InChI=1S/C23H25ClN4O2/c1-3-4-14-27(17(2)29)16-23(30)25-22-15-20(18-10-6-5-7-11-18)26-28(22)21-13-9-8-12-19(21)24/h5-13,15H,3-4,14,16H2,1-2H3,(H,25,30). The molecule has 3 aromatic rings. The predicted molar refractivity (Wildman–Crippen MR) is 120 cm³/mol. The number of hydrogen-bond donors (Lipinski definition) is 1. The van der Waals surface area contributed by atoms with Crippen LogP contribution in [0.5, 0.6) is 0 Å². The van der Waals surface area contributed by atoms with E-state index >= 15 is 0 Å². The van der Waals surface area contributed by atoms with Gasteiger partial charge in [0.05, 0.1) is 22.9 Å². The number of para-hydroxylation sites is 1. The molecule has 0 saturated heterocycles. The average Bonchev–Trinajstić information content (AvgIpc) is 3.15. The number of rotatable bonds is 8. The maximum Gasteiger partial charge on any atom is 0.245 e. The average molecular weight is 425 g/mol. The molecule has 1 N–H and O–H groups in total. The molecular weight excluding hydrogens is 400 g/mol. The summed E-state index contributed by atoms with van der Waals surface area (Å²) in [5.74, 6) is 0.0863. The lowest BCUT2D eigenvalue weighted by molar-refractivity contribution is -0.132. The molecule has 0 atom stereocenters. The van der Waals surface area contributed by atoms with E-state index in [1.807, 2.05) is 55.5 Å². The van der Waals surface area contributed by atoms with Crippen molar-refractivity contribution in [2.75, 3.05) is 18.4 Å². The quantitative estimate of drug-likeness (QED) is 0.565. The van der Waals surface area contributed by atoms with E-state index in [0.29, 0.717) is 28.8 Å². The van der Waals surface area contributed by atoms with Gasteiger partial charge in [-0.15, -0.1) is 0 Å². The molecule has 0 aliphatic heterocycles. The monoisotopic (exact) mass is 424 g/mol. The van der Waals surface area contributed by atoms with Crippen LogP contribution in [0.2, 0.25) is 5.02 Å². The summed E-state index contributed by atoms with van der Waals surface area (Å²) < 4.78 is 1.62. The third-order valence-corrected chi connectivity index (χ3v) is 5.01. The van der Waals surface area contributed by atoms with Gasteiger partial charge in [-0.25, -0.2) is 4.68 Å². The minimum atomic E-state index is -0.283. The maximum atomic E-state index is 12.7. The van der Waals surface area contributed by atoms with Crippen LogP contribution in [-0.4, -0.2) is 39.6 Å². The van der Waals surface area contributed by atoms with Crippen LogP contribution < -0.4 is 5.32 Å². The lowest BCUT2D eigenvalue weighted by Crippen LogP contribution is -2.37. The highest BCUT2D eigenvalue weighted by atomic mass is 35.5. The zero-order chi connectivity index (χ0) is 21.5. The predicted octanol–water partition coefficient (Wildman–Crippen LogP) is 4.78. The number of benzene rings is 2. The van der Waals surface area contributed by atoms with Gasteiger partial charge in [-0.2, -0.15) is 5.10 Å². The molecule has 1 aromatic heterocycles. The number of unbranched alkanes of at least 4 members (excludes halogenated alkanes) is 1. The van der Waals surface area contributed by atoms with Crippen molar-refractivity contribution < 1.29 is 9.59 Å². The number of amides is 2. The molecule has 2 aromatic carbocycles. The van der Waals surface area contributed by atoms with Gasteiger partial charge in [0, 0.05) is 25.1 Å². The fraction of sp³-hybridized carbons (Fsp3) is 0.261. The van der Waals surface area contributed by atoms with E-state index in [9.17, 15) is 9.59 Å². The first-order chi connectivity index (χ1) is 14.5. The molecule has 0 fully saturated rings. The van der Waals surface area contributed by atoms with Gasteiger partial charge in [0.25, 0.3) is 0 Å². The van der Waals surface area contributed by atoms with Gasteiger partial charge in [0.1, 0.15) is 5.82 Å². The van der Waals surface area contributed by atoms with Gasteiger partial charge < -0.3 is 10.2 Å². The largest absolute Gasteiger partial charge is 0.334 e. The van der Waals surface area contributed by atoms with Crippen molar-refractivity contribution in [2.24, 2.45) is 0 Å². The number of carbonyl (C=O) groups excluding carboxylic acids is 2. The first kappa shape index (κ1) is 21.6. The summed E-state index contributed by atoms with van der Waals surface area (Å²) in [6, 6.07) is 18.8. The van der Waals surface area contributed by atoms with Crippen LogP contribution in [0.15, 0.2) is 60.7 Å². The first-order valence-corrected chi connectivity index (χ1v) is 10.3. The van der Waals surface area contributed by atoms with Crippen LogP contribution in [-0.2, 0) is 9.59 Å². The lowest BCUT2D eigenvalue weighted by Gasteiger charge is -2.20. The molecular formula is C23H25ClN4O2. The molecule has 3 rings (SSSR count). The Labute approximate surface area is 181 Å². The summed E-state index contributed by atoms with van der Waals surface area (Å²) in [6.45, 7) is 4.07. The van der Waals surface area contributed by atoms with Crippen molar-refractivity contribution in [3.63, 3.8) is 0 Å². The topological polar surface area (TPSA) is 67.2 Å². The second kappa shape index (κ2) is 10.1. The zero-order valence-corrected chi connectivity index (χ0v) is 17.9. The molecule has 0 aliphatic carbocycles. The molecule has 30 heavy (non-hydrogen) atoms. The Bertz CT molecular complexity index is 1020. The third-order valence-electron chi connectivity index (χ3n) is 4.69. The molecule has 0 radical (unpaired) electrons. The Morgan fingerprint density at radius 1 is 1.10 bits per heavy atom. The van der Waals surface area contributed by atoms with E-state index in [1.165, 1.54) is 6.92 Å². The minimum Gasteiger partial charge on any atom is -0.334 e. The van der Waals surface area contributed by atoms with Crippen molar-refractivity contribution >= 4 is 29.2 Å². The van der Waals surface area contributed by atoms with Crippen molar-refractivity contribution in [1.82, 2.24) is 14.7 Å². The van der Waals surface area contributed by atoms with E-state index in [-0.39, 0.29) is 18.4 Å². The Morgan fingerprint density at radius 2 is 1.80 bits per heavy atom. The summed E-state index contributed by atoms with van der Waals surface area (Å²) >= 11 is 6.38. The fourth-order valence-electron chi connectivity index (χ4n) is 3.08. The molecule has 0 saturated carbocycles. The smallest absolute Gasteiger partial charge is 0.245 e. The molecule has 2 amide bonds. The Hall–Kier alpha value is -3.12. The molecule has 0 unspecified atom stereocenters. The summed E-state index contributed by atoms with van der Waals surface area (Å²) in [5, 5.41) is 8.08. The van der Waals surface area contributed by atoms with Crippen LogP contribution in [0.25, 0.3) is 16.9 Å². The van der Waals surface area contributed by atoms with E-state index in [1.54, 1.807) is 21.7 Å². The second-order valence-corrected chi connectivity index (χ2v) is 7.39. The summed E-state index contributed by atoms with van der Waals surface area (Å²) in [4.78, 5) is 26.1. The van der Waals surface area contributed by atoms with Gasteiger partial charge in [-0.3, -0.25) is 9.59 Å². The molecule has 0 aliphatic rings. The maximum absolute atomic E-state index is 12.7. The number of aromatic nitrogens is 2. The van der Waals surface area contributed by atoms with E-state index in [4.69, 9.17) is 11.6 Å². The Balaban J connectivity index is 1.91. The van der Waals surface area contributed by atoms with Gasteiger partial charge >= 0.3 is 0 Å². The van der Waals surface area contributed by atoms with Gasteiger partial charge in [-0.05, 0) is 18.6 Å². The lowest BCUT2D eigenvalue weighted by atomic mass is 10.1. The summed E-state index contributed by atoms with van der Waals surface area (Å²) in [7, 11) is 0. The Kier molecular flexibility index (Phi) is 7.25. The summed E-state index contributed by atoms with van der Waals surface area (Å²) in [6.07, 6.45) is 1.80. The van der Waals surface area contributed by atoms with E-state index in [2.05, 4.69) is 10.4 Å². The normalized spacial score (nSPS) is 10.6. The van der Waals surface area contributed by atoms with Crippen LogP contribution in [0, 0.1) is 0 Å². The molecule has 1 heterocycles. The fourth-order valence-corrected chi connectivity index (χ4v) is 3.30. The van der Waals surface area contributed by atoms with Crippen molar-refractivity contribution in [3.8, 4) is 16.9 Å². The number of hydrogen-bond acceptors (Lipinski definition) is 3. The number of halogens is 1. The number of nitrogens with one attached hydrogen (secondary N) is 1. The van der Waals surface area contributed by atoms with Gasteiger partial charge in [0.15, 0.2) is 0 Å². The highest BCUT2D eigenvalue weighted by Gasteiger charge is 2.18. The summed E-state index contributed by atoms with van der Waals surface area (Å²) in [5.41, 5.74) is 2.29. The molecule has 7 heteroatoms. The van der Waals surface area contributed by atoms with Crippen LogP contribution in [0.4, 0.5) is 5.82 Å². The Morgan fingerprint density at radius 3 is 2.47 bits per heavy atom. The zero-order valence-electron chi connectivity index (χ0n) is 17.1. The van der Waals surface area contributed by atoms with Crippen LogP contribution >= 0.6 is 11.6 Å². The van der Waals surface area contributed by atoms with Gasteiger partial charge in [0.2, 0.25) is 11.8 Å². The van der Waals surface area contributed by atoms with Crippen molar-refractivity contribution in [2.45, 2.75) is 26.7 Å². The third kappa shape index (κ3) is 5.27.